The first-order valence-corrected chi connectivity index (χ1v) is 6.28. The summed E-state index contributed by atoms with van der Waals surface area (Å²) in [6, 6.07) is 0. The van der Waals surface area contributed by atoms with E-state index in [1.807, 2.05) is 0 Å². The fraction of sp³-hybridized carbons (Fsp3) is 0.833. The van der Waals surface area contributed by atoms with Gasteiger partial charge in [-0.1, -0.05) is 0 Å². The number of carbonyl (C=O) groups excluding carboxylic acids is 1. The van der Waals surface area contributed by atoms with Gasteiger partial charge in [0, 0.05) is 19.6 Å². The van der Waals surface area contributed by atoms with Gasteiger partial charge in [0.05, 0.1) is 19.8 Å². The van der Waals surface area contributed by atoms with Gasteiger partial charge >= 0.3 is 11.9 Å². The largest absolute Gasteiger partial charge is 0.479 e. The number of ether oxygens (including phenoxy) is 3. The van der Waals surface area contributed by atoms with Gasteiger partial charge in [0.25, 0.3) is 5.60 Å². The zero-order valence-corrected chi connectivity index (χ0v) is 11.4. The molecule has 19 heavy (non-hydrogen) atoms. The van der Waals surface area contributed by atoms with Gasteiger partial charge in [0.15, 0.2) is 0 Å². The van der Waals surface area contributed by atoms with E-state index in [1.54, 1.807) is 13.8 Å². The van der Waals surface area contributed by atoms with Crippen LogP contribution >= 0.6 is 0 Å². The molecule has 0 bridgehead atoms. The molecule has 7 heteroatoms. The van der Waals surface area contributed by atoms with Gasteiger partial charge in [-0.15, -0.1) is 0 Å². The van der Waals surface area contributed by atoms with Crippen molar-refractivity contribution < 1.29 is 34.0 Å². The minimum absolute atomic E-state index is 0.0373. The molecule has 0 amide bonds. The number of aliphatic carboxylic acids is 1. The molecule has 0 radical (unpaired) electrons. The molecule has 0 saturated heterocycles. The van der Waals surface area contributed by atoms with E-state index in [0.29, 0.717) is 6.61 Å². The van der Waals surface area contributed by atoms with Crippen LogP contribution in [0.5, 0.6) is 0 Å². The second kappa shape index (κ2) is 9.71. The maximum atomic E-state index is 11.8. The third-order valence-corrected chi connectivity index (χ3v) is 2.42. The predicted octanol–water partition coefficient (Wildman–Crippen LogP) is 0.199. The molecule has 0 fully saturated rings. The fourth-order valence-electron chi connectivity index (χ4n) is 1.48. The van der Waals surface area contributed by atoms with Crippen molar-refractivity contribution >= 4 is 11.9 Å². The van der Waals surface area contributed by atoms with Gasteiger partial charge < -0.3 is 24.4 Å². The van der Waals surface area contributed by atoms with Gasteiger partial charge in [0.2, 0.25) is 0 Å². The Morgan fingerprint density at radius 1 is 1.16 bits per heavy atom. The standard InChI is InChI=1S/C12H22O7/c1-3-17-8-9-19-12(10(14)15,6-5-7-13)11(16)18-4-2/h13H,3-9H2,1-2H3,(H,14,15). The summed E-state index contributed by atoms with van der Waals surface area (Å²) >= 11 is 0. The quantitative estimate of drug-likeness (QED) is 0.316. The molecule has 1 unspecified atom stereocenters. The predicted molar refractivity (Wildman–Crippen MR) is 65.8 cm³/mol. The zero-order valence-electron chi connectivity index (χ0n) is 11.4. The van der Waals surface area contributed by atoms with Crippen molar-refractivity contribution in [3.8, 4) is 0 Å². The number of hydrogen-bond donors (Lipinski definition) is 2. The van der Waals surface area contributed by atoms with Crippen LogP contribution in [0.15, 0.2) is 0 Å². The van der Waals surface area contributed by atoms with E-state index in [2.05, 4.69) is 0 Å². The molecule has 0 aliphatic heterocycles. The first-order valence-electron chi connectivity index (χ1n) is 6.28. The molecule has 1 atom stereocenters. The molecular weight excluding hydrogens is 256 g/mol. The Morgan fingerprint density at radius 2 is 1.84 bits per heavy atom. The second-order valence-corrected chi connectivity index (χ2v) is 3.73. The first-order chi connectivity index (χ1) is 9.05. The van der Waals surface area contributed by atoms with Crippen LogP contribution in [-0.2, 0) is 23.8 Å². The molecule has 0 rings (SSSR count). The number of aliphatic hydroxyl groups excluding tert-OH is 1. The third kappa shape index (κ3) is 5.54. The Morgan fingerprint density at radius 3 is 2.32 bits per heavy atom. The fourth-order valence-corrected chi connectivity index (χ4v) is 1.48. The summed E-state index contributed by atoms with van der Waals surface area (Å²) in [5.74, 6) is -2.37. The van der Waals surface area contributed by atoms with E-state index in [-0.39, 0.29) is 39.3 Å². The van der Waals surface area contributed by atoms with Crippen LogP contribution in [0, 0.1) is 0 Å². The summed E-state index contributed by atoms with van der Waals surface area (Å²) in [7, 11) is 0. The number of carbonyl (C=O) groups is 2. The normalized spacial score (nSPS) is 13.8. The number of aliphatic hydroxyl groups is 1. The minimum Gasteiger partial charge on any atom is -0.479 e. The summed E-state index contributed by atoms with van der Waals surface area (Å²) in [5.41, 5.74) is -2.07. The van der Waals surface area contributed by atoms with Gasteiger partial charge in [0.1, 0.15) is 0 Å². The average molecular weight is 278 g/mol. The summed E-state index contributed by atoms with van der Waals surface area (Å²) in [5, 5.41) is 18.1. The highest BCUT2D eigenvalue weighted by atomic mass is 16.6. The zero-order chi connectivity index (χ0) is 14.7. The number of carboxylic acid groups (broad SMARTS) is 1. The number of esters is 1. The highest BCUT2D eigenvalue weighted by Crippen LogP contribution is 2.21. The maximum absolute atomic E-state index is 11.8. The van der Waals surface area contributed by atoms with Crippen molar-refractivity contribution in [2.45, 2.75) is 32.3 Å². The molecular formula is C12H22O7. The Kier molecular flexibility index (Phi) is 9.11. The number of hydrogen-bond acceptors (Lipinski definition) is 6. The molecule has 2 N–H and O–H groups in total. The monoisotopic (exact) mass is 278 g/mol. The van der Waals surface area contributed by atoms with Crippen LogP contribution < -0.4 is 0 Å². The maximum Gasteiger partial charge on any atom is 0.350 e. The van der Waals surface area contributed by atoms with Gasteiger partial charge in [-0.25, -0.2) is 9.59 Å². The summed E-state index contributed by atoms with van der Waals surface area (Å²) in [6.45, 7) is 3.82. The lowest BCUT2D eigenvalue weighted by Gasteiger charge is -2.27. The first kappa shape index (κ1) is 17.8. The average Bonchev–Trinajstić information content (AvgIpc) is 2.38. The van der Waals surface area contributed by atoms with Crippen LogP contribution in [0.2, 0.25) is 0 Å². The van der Waals surface area contributed by atoms with E-state index < -0.39 is 17.5 Å². The summed E-state index contributed by atoms with van der Waals surface area (Å²) in [4.78, 5) is 23.2. The van der Waals surface area contributed by atoms with Crippen molar-refractivity contribution in [2.24, 2.45) is 0 Å². The van der Waals surface area contributed by atoms with E-state index >= 15 is 0 Å². The van der Waals surface area contributed by atoms with Crippen molar-refractivity contribution in [1.29, 1.82) is 0 Å². The van der Waals surface area contributed by atoms with E-state index in [0.717, 1.165) is 0 Å². The highest BCUT2D eigenvalue weighted by molar-refractivity contribution is 6.02. The van der Waals surface area contributed by atoms with Crippen LogP contribution in [0.1, 0.15) is 26.7 Å². The molecule has 7 nitrogen and oxygen atoms in total. The van der Waals surface area contributed by atoms with Crippen LogP contribution in [0.4, 0.5) is 0 Å². The van der Waals surface area contributed by atoms with E-state index in [4.69, 9.17) is 19.3 Å². The topological polar surface area (TPSA) is 102 Å². The molecule has 0 heterocycles. The molecule has 0 aromatic rings. The minimum atomic E-state index is -2.07. The Bertz CT molecular complexity index is 279. The van der Waals surface area contributed by atoms with E-state index in [1.165, 1.54) is 0 Å². The SMILES string of the molecule is CCOCCOC(CCCO)(C(=O)O)C(=O)OCC. The number of carboxylic acids is 1. The summed E-state index contributed by atoms with van der Waals surface area (Å²) in [6.07, 6.45) is -0.0243. The van der Waals surface area contributed by atoms with Crippen molar-refractivity contribution in [1.82, 2.24) is 0 Å². The van der Waals surface area contributed by atoms with Gasteiger partial charge in [-0.2, -0.15) is 0 Å². The van der Waals surface area contributed by atoms with Crippen molar-refractivity contribution in [2.75, 3.05) is 33.0 Å². The molecule has 0 aromatic heterocycles. The molecule has 0 spiro atoms. The van der Waals surface area contributed by atoms with Crippen molar-refractivity contribution in [3.05, 3.63) is 0 Å². The molecule has 0 aromatic carbocycles. The van der Waals surface area contributed by atoms with Gasteiger partial charge in [-0.3, -0.25) is 0 Å². The van der Waals surface area contributed by atoms with Crippen LogP contribution in [-0.4, -0.2) is 60.8 Å². The smallest absolute Gasteiger partial charge is 0.350 e. The van der Waals surface area contributed by atoms with E-state index in [9.17, 15) is 14.7 Å². The van der Waals surface area contributed by atoms with Gasteiger partial charge in [-0.05, 0) is 20.3 Å². The van der Waals surface area contributed by atoms with Crippen LogP contribution in [0.3, 0.4) is 0 Å². The lowest BCUT2D eigenvalue weighted by atomic mass is 9.97. The Balaban J connectivity index is 4.81. The molecule has 0 aliphatic carbocycles. The third-order valence-electron chi connectivity index (χ3n) is 2.42. The molecule has 0 saturated carbocycles. The Labute approximate surface area is 112 Å². The lowest BCUT2D eigenvalue weighted by molar-refractivity contribution is -0.190. The number of rotatable bonds is 11. The summed E-state index contributed by atoms with van der Waals surface area (Å²) < 4.78 is 15.0. The molecule has 112 valence electrons. The van der Waals surface area contributed by atoms with Crippen LogP contribution in [0.25, 0.3) is 0 Å². The second-order valence-electron chi connectivity index (χ2n) is 3.73. The Hall–Kier alpha value is -1.18. The highest BCUT2D eigenvalue weighted by Gasteiger charge is 2.48. The molecule has 0 aliphatic rings. The lowest BCUT2D eigenvalue weighted by Crippen LogP contribution is -2.51. The van der Waals surface area contributed by atoms with Crippen molar-refractivity contribution in [3.63, 3.8) is 0 Å².